The van der Waals surface area contributed by atoms with E-state index in [4.69, 9.17) is 15.0 Å². The van der Waals surface area contributed by atoms with Crippen molar-refractivity contribution in [2.24, 2.45) is 0 Å². The normalized spacial score (nSPS) is 13.7. The fourth-order valence-electron chi connectivity index (χ4n) is 10.6. The summed E-state index contributed by atoms with van der Waals surface area (Å²) >= 11 is 0. The van der Waals surface area contributed by atoms with E-state index in [1.165, 1.54) is 55.6 Å². The summed E-state index contributed by atoms with van der Waals surface area (Å²) < 4.78 is 0. The molecule has 62 heavy (non-hydrogen) atoms. The van der Waals surface area contributed by atoms with Gasteiger partial charge in [0.25, 0.3) is 0 Å². The Labute approximate surface area is 361 Å². The van der Waals surface area contributed by atoms with E-state index in [2.05, 4.69) is 212 Å². The van der Waals surface area contributed by atoms with E-state index in [0.717, 1.165) is 27.8 Å². The van der Waals surface area contributed by atoms with Crippen molar-refractivity contribution in [1.82, 2.24) is 15.0 Å². The minimum atomic E-state index is -0.631. The largest absolute Gasteiger partial charge is 0.208 e. The van der Waals surface area contributed by atoms with Crippen LogP contribution in [0.5, 0.6) is 0 Å². The average molecular weight is 790 g/mol. The Bertz CT molecular complexity index is 3180. The van der Waals surface area contributed by atoms with Gasteiger partial charge in [-0.25, -0.2) is 15.0 Å². The Morgan fingerprint density at radius 1 is 0.226 bits per heavy atom. The van der Waals surface area contributed by atoms with Crippen LogP contribution in [0.25, 0.3) is 56.4 Å². The van der Waals surface area contributed by atoms with E-state index in [1.54, 1.807) is 0 Å². The van der Waals surface area contributed by atoms with Gasteiger partial charge in [-0.05, 0) is 66.8 Å². The Kier molecular flexibility index (Phi) is 8.29. The van der Waals surface area contributed by atoms with Crippen LogP contribution in [-0.2, 0) is 10.8 Å². The lowest BCUT2D eigenvalue weighted by Crippen LogP contribution is -2.44. The van der Waals surface area contributed by atoms with Crippen molar-refractivity contribution in [1.29, 1.82) is 0 Å². The van der Waals surface area contributed by atoms with Gasteiger partial charge in [0.05, 0.1) is 10.8 Å². The molecule has 9 aromatic carbocycles. The standard InChI is InChI=1S/C59H39N3/c1-5-20-40(21-6-1)41-36-38-43(39-37-41)56-60-55(42-22-7-2-8-23-42)61-57(62-56)47-29-19-35-53-54(47)46-28-13-14-30-48(46)59(53)51-33-17-15-31-49(51)58(44-24-9-3-10-25-44,45-26-11-4-12-27-45)50-32-16-18-34-52(50)59/h1-39H. The summed E-state index contributed by atoms with van der Waals surface area (Å²) in [5.41, 5.74) is 16.4. The summed E-state index contributed by atoms with van der Waals surface area (Å²) in [6.45, 7) is 0. The number of hydrogen-bond acceptors (Lipinski definition) is 3. The Balaban J connectivity index is 1.13. The maximum atomic E-state index is 5.35. The smallest absolute Gasteiger partial charge is 0.164 e. The molecule has 2 aliphatic rings. The molecular formula is C59H39N3. The molecule has 3 heteroatoms. The van der Waals surface area contributed by atoms with Crippen LogP contribution in [0, 0.1) is 0 Å². The van der Waals surface area contributed by atoms with Crippen molar-refractivity contribution in [3.8, 4) is 56.4 Å². The highest BCUT2D eigenvalue weighted by Gasteiger charge is 2.57. The second-order valence-corrected chi connectivity index (χ2v) is 16.2. The molecule has 0 fully saturated rings. The van der Waals surface area contributed by atoms with Crippen LogP contribution in [0.15, 0.2) is 237 Å². The molecule has 0 unspecified atom stereocenters. The fourth-order valence-corrected chi connectivity index (χ4v) is 10.6. The van der Waals surface area contributed by atoms with Gasteiger partial charge in [0.1, 0.15) is 0 Å². The first kappa shape index (κ1) is 35.9. The summed E-state index contributed by atoms with van der Waals surface area (Å²) in [4.78, 5) is 15.8. The lowest BCUT2D eigenvalue weighted by atomic mass is 9.51. The third kappa shape index (κ3) is 5.22. The van der Waals surface area contributed by atoms with Crippen LogP contribution < -0.4 is 0 Å². The first-order valence-corrected chi connectivity index (χ1v) is 21.3. The predicted octanol–water partition coefficient (Wildman–Crippen LogP) is 13.6. The second-order valence-electron chi connectivity index (χ2n) is 16.2. The molecule has 290 valence electrons. The zero-order valence-electron chi connectivity index (χ0n) is 33.9. The highest BCUT2D eigenvalue weighted by Crippen LogP contribution is 2.65. The minimum absolute atomic E-state index is 0.569. The topological polar surface area (TPSA) is 38.7 Å². The molecule has 0 amide bonds. The van der Waals surface area contributed by atoms with Crippen LogP contribution in [0.3, 0.4) is 0 Å². The molecule has 0 radical (unpaired) electrons. The molecule has 0 atom stereocenters. The molecule has 0 saturated carbocycles. The molecule has 0 saturated heterocycles. The van der Waals surface area contributed by atoms with E-state index in [-0.39, 0.29) is 0 Å². The van der Waals surface area contributed by atoms with Crippen LogP contribution in [-0.4, -0.2) is 15.0 Å². The van der Waals surface area contributed by atoms with Gasteiger partial charge in [-0.1, -0.05) is 237 Å². The Hall–Kier alpha value is -8.01. The Morgan fingerprint density at radius 3 is 1.13 bits per heavy atom. The van der Waals surface area contributed by atoms with E-state index in [9.17, 15) is 0 Å². The first-order valence-electron chi connectivity index (χ1n) is 21.3. The summed E-state index contributed by atoms with van der Waals surface area (Å²) in [5, 5.41) is 0. The van der Waals surface area contributed by atoms with Crippen molar-refractivity contribution in [3.63, 3.8) is 0 Å². The van der Waals surface area contributed by atoms with Gasteiger partial charge < -0.3 is 0 Å². The molecule has 1 heterocycles. The molecule has 0 aliphatic heterocycles. The second kappa shape index (κ2) is 14.3. The number of benzene rings is 9. The first-order chi connectivity index (χ1) is 30.8. The minimum Gasteiger partial charge on any atom is -0.208 e. The van der Waals surface area contributed by atoms with Gasteiger partial charge in [0.15, 0.2) is 17.5 Å². The van der Waals surface area contributed by atoms with Crippen LogP contribution in [0.2, 0.25) is 0 Å². The zero-order valence-corrected chi connectivity index (χ0v) is 33.9. The number of rotatable bonds is 6. The van der Waals surface area contributed by atoms with Gasteiger partial charge in [0.2, 0.25) is 0 Å². The van der Waals surface area contributed by atoms with Crippen molar-refractivity contribution < 1.29 is 0 Å². The van der Waals surface area contributed by atoms with Crippen molar-refractivity contribution in [3.05, 3.63) is 281 Å². The zero-order chi connectivity index (χ0) is 41.1. The molecule has 1 aromatic heterocycles. The highest BCUT2D eigenvalue weighted by molar-refractivity contribution is 5.96. The lowest BCUT2D eigenvalue weighted by molar-refractivity contribution is 0.623. The number of aromatic nitrogens is 3. The number of nitrogens with zero attached hydrogens (tertiary/aromatic N) is 3. The average Bonchev–Trinajstić information content (AvgIpc) is 3.66. The molecule has 0 bridgehead atoms. The molecule has 12 rings (SSSR count). The van der Waals surface area contributed by atoms with E-state index >= 15 is 0 Å². The number of fused-ring (bicyclic) bond motifs is 9. The van der Waals surface area contributed by atoms with Crippen LogP contribution in [0.1, 0.15) is 44.5 Å². The highest BCUT2D eigenvalue weighted by atomic mass is 15.0. The maximum absolute atomic E-state index is 5.35. The third-order valence-electron chi connectivity index (χ3n) is 13.1. The van der Waals surface area contributed by atoms with E-state index in [1.807, 2.05) is 24.3 Å². The van der Waals surface area contributed by atoms with Crippen LogP contribution >= 0.6 is 0 Å². The molecule has 10 aromatic rings. The monoisotopic (exact) mass is 789 g/mol. The summed E-state index contributed by atoms with van der Waals surface area (Å²) in [7, 11) is 0. The van der Waals surface area contributed by atoms with Crippen molar-refractivity contribution in [2.75, 3.05) is 0 Å². The number of hydrogen-bond donors (Lipinski definition) is 0. The third-order valence-corrected chi connectivity index (χ3v) is 13.1. The summed E-state index contributed by atoms with van der Waals surface area (Å²) in [6, 6.07) is 85.4. The van der Waals surface area contributed by atoms with Crippen molar-refractivity contribution in [2.45, 2.75) is 10.8 Å². The quantitative estimate of drug-likeness (QED) is 0.168. The SMILES string of the molecule is c1ccc(-c2ccc(-c3nc(-c4ccccc4)nc(-c4cccc5c4-c4ccccc4C54c5ccccc5C(c5ccccc5)(c5ccccc5)c5ccccc54)n3)cc2)cc1. The summed E-state index contributed by atoms with van der Waals surface area (Å²) in [5.74, 6) is 1.92. The molecule has 1 spiro atoms. The lowest BCUT2D eigenvalue weighted by Gasteiger charge is -2.50. The van der Waals surface area contributed by atoms with E-state index in [0.29, 0.717) is 17.5 Å². The fraction of sp³-hybridized carbons (Fsp3) is 0.0339. The molecular weight excluding hydrogens is 751 g/mol. The molecule has 2 aliphatic carbocycles. The van der Waals surface area contributed by atoms with Crippen LogP contribution in [0.4, 0.5) is 0 Å². The van der Waals surface area contributed by atoms with Gasteiger partial charge in [0, 0.05) is 16.7 Å². The van der Waals surface area contributed by atoms with Gasteiger partial charge in [-0.15, -0.1) is 0 Å². The molecule has 0 N–H and O–H groups in total. The van der Waals surface area contributed by atoms with Gasteiger partial charge in [-0.3, -0.25) is 0 Å². The van der Waals surface area contributed by atoms with Crippen molar-refractivity contribution >= 4 is 0 Å². The van der Waals surface area contributed by atoms with Gasteiger partial charge in [-0.2, -0.15) is 0 Å². The molecule has 3 nitrogen and oxygen atoms in total. The van der Waals surface area contributed by atoms with Gasteiger partial charge >= 0.3 is 0 Å². The summed E-state index contributed by atoms with van der Waals surface area (Å²) in [6.07, 6.45) is 0. The maximum Gasteiger partial charge on any atom is 0.164 e. The predicted molar refractivity (Wildman–Crippen MR) is 251 cm³/mol. The van der Waals surface area contributed by atoms with E-state index < -0.39 is 10.8 Å². The Morgan fingerprint density at radius 2 is 0.581 bits per heavy atom.